The largest absolute Gasteiger partial charge is 0.369 e. The maximum Gasteiger partial charge on any atom is 0.228 e. The van der Waals surface area contributed by atoms with Gasteiger partial charge >= 0.3 is 0 Å². The number of anilines is 1. The molecule has 0 heterocycles. The zero-order valence-corrected chi connectivity index (χ0v) is 14.4. The Kier molecular flexibility index (Phi) is 3.25. The van der Waals surface area contributed by atoms with Crippen molar-refractivity contribution in [1.82, 2.24) is 0 Å². The van der Waals surface area contributed by atoms with Gasteiger partial charge in [-0.15, -0.1) is 0 Å². The highest BCUT2D eigenvalue weighted by atomic mass is 127. The van der Waals surface area contributed by atoms with Crippen LogP contribution in [0.2, 0.25) is 0 Å². The molecule has 0 unspecified atom stereocenters. The standard InChI is InChI=1S/C17H19IN2O2/c18-9-1-3-10(4-2-9)20-16(22)14-12-6-5-11(13(14)15(19)21)17(12)7-8-17/h1-4,11-14H,5-8H2,(H2,19,21)(H,20,22)/t11-,12+,13+,14-/m1/s1. The lowest BCUT2D eigenvalue weighted by Gasteiger charge is -2.27. The van der Waals surface area contributed by atoms with Crippen molar-refractivity contribution >= 4 is 40.1 Å². The first-order valence-electron chi connectivity index (χ1n) is 7.89. The van der Waals surface area contributed by atoms with E-state index in [2.05, 4.69) is 27.9 Å². The normalized spacial score (nSPS) is 33.9. The molecule has 1 aromatic rings. The van der Waals surface area contributed by atoms with Gasteiger partial charge in [0.05, 0.1) is 11.8 Å². The van der Waals surface area contributed by atoms with Crippen LogP contribution in [-0.2, 0) is 9.59 Å². The van der Waals surface area contributed by atoms with Crippen molar-refractivity contribution in [2.45, 2.75) is 25.7 Å². The monoisotopic (exact) mass is 410 g/mol. The summed E-state index contributed by atoms with van der Waals surface area (Å²) in [5, 5.41) is 3.00. The molecule has 0 radical (unpaired) electrons. The van der Waals surface area contributed by atoms with Crippen LogP contribution in [0.1, 0.15) is 25.7 Å². The fraction of sp³-hybridized carbons (Fsp3) is 0.529. The molecule has 3 saturated carbocycles. The first-order valence-corrected chi connectivity index (χ1v) is 8.96. The first-order chi connectivity index (χ1) is 10.5. The van der Waals surface area contributed by atoms with Crippen LogP contribution in [0, 0.1) is 32.7 Å². The summed E-state index contributed by atoms with van der Waals surface area (Å²) in [6.07, 6.45) is 4.46. The van der Waals surface area contributed by atoms with Crippen LogP contribution in [0.5, 0.6) is 0 Å². The van der Waals surface area contributed by atoms with E-state index in [9.17, 15) is 9.59 Å². The lowest BCUT2D eigenvalue weighted by atomic mass is 9.78. The van der Waals surface area contributed by atoms with E-state index in [0.29, 0.717) is 11.8 Å². The summed E-state index contributed by atoms with van der Waals surface area (Å²) in [4.78, 5) is 24.8. The van der Waals surface area contributed by atoms with Gasteiger partial charge in [-0.3, -0.25) is 9.59 Å². The summed E-state index contributed by atoms with van der Waals surface area (Å²) in [7, 11) is 0. The molecule has 4 rings (SSSR count). The lowest BCUT2D eigenvalue weighted by Crippen LogP contribution is -2.40. The fourth-order valence-electron chi connectivity index (χ4n) is 5.15. The van der Waals surface area contributed by atoms with Crippen LogP contribution in [-0.4, -0.2) is 11.8 Å². The molecule has 1 spiro atoms. The van der Waals surface area contributed by atoms with Crippen molar-refractivity contribution in [2.24, 2.45) is 34.8 Å². The Morgan fingerprint density at radius 3 is 2.23 bits per heavy atom. The van der Waals surface area contributed by atoms with Gasteiger partial charge in [0.2, 0.25) is 11.8 Å². The summed E-state index contributed by atoms with van der Waals surface area (Å²) in [6, 6.07) is 7.73. The molecular weight excluding hydrogens is 391 g/mol. The molecule has 2 amide bonds. The minimum absolute atomic E-state index is 0.0246. The van der Waals surface area contributed by atoms with Crippen LogP contribution in [0.3, 0.4) is 0 Å². The number of halogens is 1. The first kappa shape index (κ1) is 14.5. The van der Waals surface area contributed by atoms with E-state index in [0.717, 1.165) is 22.1 Å². The van der Waals surface area contributed by atoms with Crippen LogP contribution in [0.25, 0.3) is 0 Å². The molecule has 22 heavy (non-hydrogen) atoms. The highest BCUT2D eigenvalue weighted by Gasteiger charge is 2.71. The minimum atomic E-state index is -0.291. The third-order valence-corrected chi connectivity index (χ3v) is 6.81. The van der Waals surface area contributed by atoms with Crippen molar-refractivity contribution < 1.29 is 9.59 Å². The molecule has 0 aromatic heterocycles. The van der Waals surface area contributed by atoms with Gasteiger partial charge < -0.3 is 11.1 Å². The Labute approximate surface area is 143 Å². The van der Waals surface area contributed by atoms with Crippen LogP contribution in [0.4, 0.5) is 5.69 Å². The predicted octanol–water partition coefficient (Wildman–Crippen LogP) is 2.77. The van der Waals surface area contributed by atoms with Crippen molar-refractivity contribution in [1.29, 1.82) is 0 Å². The highest BCUT2D eigenvalue weighted by molar-refractivity contribution is 14.1. The Balaban J connectivity index is 1.59. The van der Waals surface area contributed by atoms with Crippen molar-refractivity contribution in [3.05, 3.63) is 27.8 Å². The predicted molar refractivity (Wildman–Crippen MR) is 91.8 cm³/mol. The maximum absolute atomic E-state index is 12.8. The Hall–Kier alpha value is -1.11. The second-order valence-electron chi connectivity index (χ2n) is 6.97. The zero-order valence-electron chi connectivity index (χ0n) is 12.2. The molecule has 5 heteroatoms. The van der Waals surface area contributed by atoms with Gasteiger partial charge in [-0.2, -0.15) is 0 Å². The van der Waals surface area contributed by atoms with E-state index in [-0.39, 0.29) is 29.1 Å². The van der Waals surface area contributed by atoms with Gasteiger partial charge in [0.25, 0.3) is 0 Å². The molecule has 4 nitrogen and oxygen atoms in total. The summed E-state index contributed by atoms with van der Waals surface area (Å²) in [6.45, 7) is 0. The Morgan fingerprint density at radius 1 is 1.09 bits per heavy atom. The van der Waals surface area contributed by atoms with Gasteiger partial charge in [-0.1, -0.05) is 0 Å². The smallest absolute Gasteiger partial charge is 0.228 e. The second-order valence-corrected chi connectivity index (χ2v) is 8.22. The number of hydrogen-bond acceptors (Lipinski definition) is 2. The molecular formula is C17H19IN2O2. The van der Waals surface area contributed by atoms with Crippen LogP contribution < -0.4 is 11.1 Å². The van der Waals surface area contributed by atoms with Gasteiger partial charge in [0, 0.05) is 9.26 Å². The number of amides is 2. The number of primary amides is 1. The zero-order chi connectivity index (χ0) is 15.5. The Bertz CT molecular complexity index is 639. The molecule has 116 valence electrons. The van der Waals surface area contributed by atoms with Gasteiger partial charge in [0.15, 0.2) is 0 Å². The number of carbonyl (C=O) groups excluding carboxylic acids is 2. The number of benzene rings is 1. The van der Waals surface area contributed by atoms with Gasteiger partial charge in [0.1, 0.15) is 0 Å². The molecule has 0 aliphatic heterocycles. The molecule has 2 bridgehead atoms. The number of carbonyl (C=O) groups is 2. The number of rotatable bonds is 3. The summed E-state index contributed by atoms with van der Waals surface area (Å²) >= 11 is 2.23. The van der Waals surface area contributed by atoms with Crippen LogP contribution >= 0.6 is 22.6 Å². The lowest BCUT2D eigenvalue weighted by molar-refractivity contribution is -0.132. The topological polar surface area (TPSA) is 72.2 Å². The van der Waals surface area contributed by atoms with E-state index in [1.165, 1.54) is 12.8 Å². The fourth-order valence-corrected chi connectivity index (χ4v) is 5.51. The summed E-state index contributed by atoms with van der Waals surface area (Å²) in [5.41, 5.74) is 6.71. The third-order valence-electron chi connectivity index (χ3n) is 6.09. The number of nitrogens with one attached hydrogen (secondary N) is 1. The van der Waals surface area contributed by atoms with Gasteiger partial charge in [-0.25, -0.2) is 0 Å². The molecule has 1 aromatic carbocycles. The second kappa shape index (κ2) is 4.94. The number of hydrogen-bond donors (Lipinski definition) is 2. The van der Waals surface area contributed by atoms with Crippen molar-refractivity contribution in [3.8, 4) is 0 Å². The molecule has 4 atom stereocenters. The summed E-state index contributed by atoms with van der Waals surface area (Å²) in [5.74, 6) is -0.144. The van der Waals surface area contributed by atoms with E-state index in [4.69, 9.17) is 5.73 Å². The van der Waals surface area contributed by atoms with Crippen molar-refractivity contribution in [3.63, 3.8) is 0 Å². The molecule has 0 saturated heterocycles. The SMILES string of the molecule is NC(=O)[C@@H]1[C@H](C(=O)Nc2ccc(I)cc2)[C@@H]2CC[C@H]1C21CC1. The maximum atomic E-state index is 12.8. The average Bonchev–Trinajstić information content (AvgIpc) is 3.15. The van der Waals surface area contributed by atoms with E-state index < -0.39 is 0 Å². The number of nitrogens with two attached hydrogens (primary N) is 1. The summed E-state index contributed by atoms with van der Waals surface area (Å²) < 4.78 is 1.13. The van der Waals surface area contributed by atoms with E-state index in [1.807, 2.05) is 24.3 Å². The molecule has 3 aliphatic carbocycles. The quantitative estimate of drug-likeness (QED) is 0.753. The highest BCUT2D eigenvalue weighted by Crippen LogP contribution is 2.74. The molecule has 3 aliphatic rings. The average molecular weight is 410 g/mol. The third kappa shape index (κ3) is 2.01. The molecule has 3 fully saturated rings. The van der Waals surface area contributed by atoms with E-state index in [1.54, 1.807) is 0 Å². The molecule has 3 N–H and O–H groups in total. The van der Waals surface area contributed by atoms with Crippen molar-refractivity contribution in [2.75, 3.05) is 5.32 Å². The van der Waals surface area contributed by atoms with Gasteiger partial charge in [-0.05, 0) is 89.8 Å². The Morgan fingerprint density at radius 2 is 1.68 bits per heavy atom. The van der Waals surface area contributed by atoms with Crippen LogP contribution in [0.15, 0.2) is 24.3 Å². The minimum Gasteiger partial charge on any atom is -0.369 e. The van der Waals surface area contributed by atoms with E-state index >= 15 is 0 Å².